The number of hydrogen-bond acceptors (Lipinski definition) is 8. The lowest BCUT2D eigenvalue weighted by atomic mass is 10.2. The molecule has 5 rings (SSSR count). The van der Waals surface area contributed by atoms with Crippen molar-refractivity contribution in [2.24, 2.45) is 0 Å². The molecule has 0 aliphatic carbocycles. The number of anilines is 2. The predicted octanol–water partition coefficient (Wildman–Crippen LogP) is 5.17. The second-order valence-electron chi connectivity index (χ2n) is 8.08. The first-order valence-corrected chi connectivity index (χ1v) is 11.8. The summed E-state index contributed by atoms with van der Waals surface area (Å²) >= 11 is 0.791. The number of hydroxylamine groups is 1. The van der Waals surface area contributed by atoms with E-state index in [9.17, 15) is 22.4 Å². The highest BCUT2D eigenvalue weighted by atomic mass is 32.1. The molecule has 9 nitrogen and oxygen atoms in total. The van der Waals surface area contributed by atoms with E-state index < -0.39 is 17.8 Å². The number of benzene rings is 1. The number of carbonyl (C=O) groups excluding carboxylic acids is 1. The smallest absolute Gasteiger partial charge is 0.433 e. The van der Waals surface area contributed by atoms with Gasteiger partial charge in [0, 0.05) is 30.2 Å². The summed E-state index contributed by atoms with van der Waals surface area (Å²) in [5.41, 5.74) is 0.581. The maximum atomic E-state index is 14.6. The number of rotatable bonds is 7. The van der Waals surface area contributed by atoms with E-state index >= 15 is 0 Å². The van der Waals surface area contributed by atoms with Gasteiger partial charge in [0.25, 0.3) is 0 Å². The molecule has 37 heavy (non-hydrogen) atoms. The molecule has 0 atom stereocenters. The molecule has 0 unspecified atom stereocenters. The number of amides is 1. The number of alkyl halides is 3. The van der Waals surface area contributed by atoms with Gasteiger partial charge in [0.1, 0.15) is 35.4 Å². The van der Waals surface area contributed by atoms with E-state index in [1.54, 1.807) is 6.07 Å². The topological polar surface area (TPSA) is 93.5 Å². The Morgan fingerprint density at radius 1 is 1.24 bits per heavy atom. The van der Waals surface area contributed by atoms with Crippen molar-refractivity contribution in [1.29, 1.82) is 0 Å². The van der Waals surface area contributed by atoms with Crippen LogP contribution >= 0.6 is 11.3 Å². The fourth-order valence-corrected chi connectivity index (χ4v) is 5.19. The molecule has 0 radical (unpaired) electrons. The number of aryl methyl sites for hydroxylation is 1. The van der Waals surface area contributed by atoms with Gasteiger partial charge in [-0.2, -0.15) is 18.2 Å². The largest absolute Gasteiger partial charge is 0.496 e. The molecule has 0 bridgehead atoms. The number of thiophene rings is 1. The van der Waals surface area contributed by atoms with Crippen molar-refractivity contribution in [2.45, 2.75) is 19.6 Å². The molecule has 14 heteroatoms. The lowest BCUT2D eigenvalue weighted by molar-refractivity contribution is -0.137. The Morgan fingerprint density at radius 3 is 2.76 bits per heavy atom. The summed E-state index contributed by atoms with van der Waals surface area (Å²) in [6, 6.07) is 7.26. The third-order valence-corrected chi connectivity index (χ3v) is 6.93. The van der Waals surface area contributed by atoms with Gasteiger partial charge in [0.15, 0.2) is 0 Å². The van der Waals surface area contributed by atoms with Crippen molar-refractivity contribution >= 4 is 39.2 Å². The van der Waals surface area contributed by atoms with E-state index in [-0.39, 0.29) is 28.1 Å². The quantitative estimate of drug-likeness (QED) is 0.315. The Morgan fingerprint density at radius 2 is 2.05 bits per heavy atom. The monoisotopic (exact) mass is 536 g/mol. The molecule has 1 amide bonds. The van der Waals surface area contributed by atoms with Crippen LogP contribution in [0.1, 0.15) is 11.3 Å². The number of methoxy groups -OCH3 is 1. The van der Waals surface area contributed by atoms with E-state index in [2.05, 4.69) is 20.6 Å². The number of carbonyl (C=O) groups is 1. The number of aromatic nitrogens is 3. The number of fused-ring (bicyclic) bond motifs is 1. The minimum absolute atomic E-state index is 0.210. The van der Waals surface area contributed by atoms with Crippen LogP contribution in [0.4, 0.5) is 33.2 Å². The fraction of sp³-hybridized carbons (Fsp3) is 0.261. The summed E-state index contributed by atoms with van der Waals surface area (Å²) in [7, 11) is 1.52. The Bertz CT molecular complexity index is 1490. The van der Waals surface area contributed by atoms with Gasteiger partial charge in [-0.15, -0.1) is 11.3 Å². The normalized spacial score (nSPS) is 13.7. The van der Waals surface area contributed by atoms with Crippen LogP contribution in [0.5, 0.6) is 5.75 Å². The first-order chi connectivity index (χ1) is 17.7. The van der Waals surface area contributed by atoms with Crippen molar-refractivity contribution < 1.29 is 31.9 Å². The Labute approximate surface area is 211 Å². The predicted molar refractivity (Wildman–Crippen MR) is 129 cm³/mol. The number of nitrogens with zero attached hydrogens (tertiary/aromatic N) is 4. The second kappa shape index (κ2) is 9.42. The zero-order valence-electron chi connectivity index (χ0n) is 19.5. The lowest BCUT2D eigenvalue weighted by Gasteiger charge is -2.14. The van der Waals surface area contributed by atoms with Crippen molar-refractivity contribution in [1.82, 2.24) is 19.9 Å². The van der Waals surface area contributed by atoms with Crippen LogP contribution in [-0.4, -0.2) is 41.0 Å². The first-order valence-electron chi connectivity index (χ1n) is 11.0. The highest BCUT2D eigenvalue weighted by molar-refractivity contribution is 7.19. The Balaban J connectivity index is 1.36. The molecule has 0 saturated carbocycles. The van der Waals surface area contributed by atoms with Gasteiger partial charge < -0.3 is 19.5 Å². The Kier molecular flexibility index (Phi) is 6.27. The van der Waals surface area contributed by atoms with Gasteiger partial charge in [-0.25, -0.2) is 19.2 Å². The fourth-order valence-electron chi connectivity index (χ4n) is 4.10. The first kappa shape index (κ1) is 24.6. The summed E-state index contributed by atoms with van der Waals surface area (Å²) in [6.07, 6.45) is -4.26. The van der Waals surface area contributed by atoms with Gasteiger partial charge in [-0.05, 0) is 31.2 Å². The van der Waals surface area contributed by atoms with Crippen molar-refractivity contribution in [3.05, 3.63) is 53.7 Å². The summed E-state index contributed by atoms with van der Waals surface area (Å²) in [4.78, 5) is 24.6. The maximum absolute atomic E-state index is 14.6. The van der Waals surface area contributed by atoms with Gasteiger partial charge in [0.05, 0.1) is 28.8 Å². The zero-order valence-corrected chi connectivity index (χ0v) is 20.3. The summed E-state index contributed by atoms with van der Waals surface area (Å²) in [5, 5.41) is 6.67. The van der Waals surface area contributed by atoms with Crippen LogP contribution in [0.15, 0.2) is 36.7 Å². The molecule has 4 heterocycles. The van der Waals surface area contributed by atoms with E-state index in [0.717, 1.165) is 28.2 Å². The average molecular weight is 537 g/mol. The lowest BCUT2D eigenvalue weighted by Crippen LogP contribution is -2.21. The summed E-state index contributed by atoms with van der Waals surface area (Å²) < 4.78 is 62.7. The highest BCUT2D eigenvalue weighted by Crippen LogP contribution is 2.45. The van der Waals surface area contributed by atoms with Crippen molar-refractivity contribution in [3.8, 4) is 16.3 Å². The van der Waals surface area contributed by atoms with E-state index in [1.165, 1.54) is 25.6 Å². The van der Waals surface area contributed by atoms with Crippen LogP contribution in [0, 0.1) is 12.7 Å². The van der Waals surface area contributed by atoms with Crippen LogP contribution in [0.2, 0.25) is 0 Å². The van der Waals surface area contributed by atoms with E-state index in [0.29, 0.717) is 35.6 Å². The number of ether oxygens (including phenoxy) is 1. The van der Waals surface area contributed by atoms with Gasteiger partial charge in [0.2, 0.25) is 0 Å². The SMILES string of the molecule is COc1ccc(F)c2c1cc(C)n2CCNc1cc(-c2cc(C(F)(F)F)c(N3CNC(=O)O3)s2)ncn1. The molecule has 1 aliphatic rings. The standard InChI is InChI=1S/C23H20F4N6O3S/c1-12-7-13-17(35-2)4-3-15(24)20(13)32(12)6-5-28-19-9-16(29-10-30-19)18-8-14(23(25,26)27)21(37-18)33-11-31-22(34)36-33/h3-4,7-10H,5-6,11H2,1-2H3,(H,31,34)(H,28,29,30). The number of nitrogens with one attached hydrogen (secondary N) is 2. The van der Waals surface area contributed by atoms with Crippen molar-refractivity contribution in [3.63, 3.8) is 0 Å². The maximum Gasteiger partial charge on any atom is 0.433 e. The number of hydrogen-bond donors (Lipinski definition) is 2. The van der Waals surface area contributed by atoms with Gasteiger partial charge in [-0.3, -0.25) is 5.32 Å². The minimum atomic E-state index is -4.66. The van der Waals surface area contributed by atoms with E-state index in [4.69, 9.17) is 9.57 Å². The van der Waals surface area contributed by atoms with Gasteiger partial charge in [-0.1, -0.05) is 0 Å². The zero-order chi connectivity index (χ0) is 26.3. The Hall–Kier alpha value is -4.07. The molecular weight excluding hydrogens is 516 g/mol. The molecule has 1 fully saturated rings. The molecule has 0 spiro atoms. The van der Waals surface area contributed by atoms with Crippen LogP contribution in [0.3, 0.4) is 0 Å². The highest BCUT2D eigenvalue weighted by Gasteiger charge is 2.39. The van der Waals surface area contributed by atoms with Crippen LogP contribution in [0.25, 0.3) is 21.5 Å². The summed E-state index contributed by atoms with van der Waals surface area (Å²) in [6.45, 7) is 2.41. The van der Waals surface area contributed by atoms with Crippen LogP contribution < -0.4 is 20.4 Å². The number of halogens is 4. The second-order valence-corrected chi connectivity index (χ2v) is 9.11. The minimum Gasteiger partial charge on any atom is -0.496 e. The van der Waals surface area contributed by atoms with E-state index in [1.807, 2.05) is 17.6 Å². The van der Waals surface area contributed by atoms with Crippen molar-refractivity contribution in [2.75, 3.05) is 30.7 Å². The third kappa shape index (κ3) is 4.71. The molecule has 1 aromatic carbocycles. The third-order valence-electron chi connectivity index (χ3n) is 5.76. The molecule has 4 aromatic rings. The van der Waals surface area contributed by atoms with Crippen LogP contribution in [-0.2, 0) is 17.6 Å². The molecule has 194 valence electrons. The molecule has 3 aromatic heterocycles. The molecule has 2 N–H and O–H groups in total. The molecule has 1 saturated heterocycles. The molecule has 1 aliphatic heterocycles. The summed E-state index contributed by atoms with van der Waals surface area (Å²) in [5.74, 6) is 0.579. The molecular formula is C23H20F4N6O3S. The average Bonchev–Trinajstić information content (AvgIpc) is 3.57. The van der Waals surface area contributed by atoms with Gasteiger partial charge >= 0.3 is 12.3 Å².